The van der Waals surface area contributed by atoms with Crippen LogP contribution in [-0.2, 0) is 14.2 Å². The lowest BCUT2D eigenvalue weighted by atomic mass is 9.81. The van der Waals surface area contributed by atoms with Crippen molar-refractivity contribution >= 4 is 11.0 Å². The number of benzene rings is 2. The molecule has 3 aromatic rings. The fourth-order valence-electron chi connectivity index (χ4n) is 6.58. The largest absolute Gasteiger partial charge is 0.507 e. The van der Waals surface area contributed by atoms with Gasteiger partial charge in [-0.05, 0) is 25.5 Å². The van der Waals surface area contributed by atoms with E-state index in [-0.39, 0.29) is 46.0 Å². The highest BCUT2D eigenvalue weighted by Gasteiger charge is 2.48. The molecule has 0 spiro atoms. The van der Waals surface area contributed by atoms with E-state index in [9.17, 15) is 66.4 Å². The number of rotatable bonds is 9. The molecule has 19 heteroatoms. The van der Waals surface area contributed by atoms with Crippen LogP contribution < -0.4 is 9.47 Å². The molecule has 1 saturated carbocycles. The van der Waals surface area contributed by atoms with Crippen molar-refractivity contribution in [2.75, 3.05) is 13.2 Å². The summed E-state index contributed by atoms with van der Waals surface area (Å²) in [5.41, 5.74) is 0.0385. The maximum absolute atomic E-state index is 11.0. The lowest BCUT2D eigenvalue weighted by Crippen LogP contribution is -2.61. The summed E-state index contributed by atoms with van der Waals surface area (Å²) < 4.78 is 34.9. The summed E-state index contributed by atoms with van der Waals surface area (Å²) in [6, 6.07) is 7.25. The minimum atomic E-state index is -1.91. The van der Waals surface area contributed by atoms with Gasteiger partial charge in [0.25, 0.3) is 0 Å². The van der Waals surface area contributed by atoms with Gasteiger partial charge in [0, 0.05) is 30.7 Å². The molecular formula is C34H43O19+. The molecule has 1 aliphatic carbocycles. The zero-order valence-corrected chi connectivity index (χ0v) is 28.0. The van der Waals surface area contributed by atoms with Crippen LogP contribution in [0, 0.1) is 5.92 Å². The minimum absolute atomic E-state index is 0.0566. The molecule has 3 aliphatic rings. The molecular weight excluding hydrogens is 712 g/mol. The van der Waals surface area contributed by atoms with Crippen molar-refractivity contribution in [3.05, 3.63) is 36.4 Å². The van der Waals surface area contributed by atoms with E-state index in [0.29, 0.717) is 0 Å². The van der Waals surface area contributed by atoms with Gasteiger partial charge in [0.2, 0.25) is 12.0 Å². The number of hydrogen-bond acceptors (Lipinski definition) is 18. The topological polar surface area (TPSA) is 320 Å². The average Bonchev–Trinajstić information content (AvgIpc) is 3.13. The normalized spacial score (nSPS) is 37.8. The number of aliphatic hydroxyl groups is 10. The van der Waals surface area contributed by atoms with Gasteiger partial charge in [-0.15, -0.1) is 0 Å². The van der Waals surface area contributed by atoms with Crippen LogP contribution in [0.2, 0.25) is 0 Å². The zero-order valence-electron chi connectivity index (χ0n) is 28.0. The first-order valence-corrected chi connectivity index (χ1v) is 16.7. The molecule has 1 aromatic heterocycles. The van der Waals surface area contributed by atoms with Gasteiger partial charge in [-0.25, -0.2) is 4.42 Å². The second kappa shape index (κ2) is 15.6. The Morgan fingerprint density at radius 1 is 0.679 bits per heavy atom. The number of aromatic hydroxyl groups is 3. The highest BCUT2D eigenvalue weighted by atomic mass is 16.7. The van der Waals surface area contributed by atoms with E-state index in [1.165, 1.54) is 25.1 Å². The van der Waals surface area contributed by atoms with E-state index in [2.05, 4.69) is 0 Å². The van der Waals surface area contributed by atoms with Gasteiger partial charge >= 0.3 is 11.3 Å². The number of phenolic OH excluding ortho intramolecular Hbond substituents is 3. The van der Waals surface area contributed by atoms with Crippen LogP contribution in [0.5, 0.6) is 28.7 Å². The summed E-state index contributed by atoms with van der Waals surface area (Å²) in [4.78, 5) is 0. The van der Waals surface area contributed by atoms with Crippen LogP contribution in [0.4, 0.5) is 0 Å². The summed E-state index contributed by atoms with van der Waals surface area (Å²) in [6.07, 6.45) is -22.0. The molecule has 0 radical (unpaired) electrons. The number of ether oxygens (including phenoxy) is 5. The van der Waals surface area contributed by atoms with E-state index >= 15 is 0 Å². The molecule has 0 unspecified atom stereocenters. The summed E-state index contributed by atoms with van der Waals surface area (Å²) in [5, 5.41) is 135. The van der Waals surface area contributed by atoms with Crippen molar-refractivity contribution in [2.24, 2.45) is 5.92 Å². The zero-order chi connectivity index (χ0) is 38.5. The van der Waals surface area contributed by atoms with Crippen LogP contribution in [0.15, 0.2) is 40.8 Å². The van der Waals surface area contributed by atoms with Crippen molar-refractivity contribution in [3.8, 4) is 40.1 Å². The van der Waals surface area contributed by atoms with Crippen molar-refractivity contribution < 1.29 is 94.5 Å². The standard InChI is InChI=1S/C34H42O19/c1-11-23(39)27(43)30(46)33(49-11)48-10-22-26(42)29(45)31(47)34(53-22)52-21-8-15-18(50-20-5-13(9-35)24(40)28(44)25(20)41)6-14(36)7-19(15)51-32(21)12-2-3-16(37)17(38)4-12/h2-4,6-8,11,13,20,22-31,33-35,39-47H,5,9-10H2,1H3,(H2-,36,37,38)/p+1/t11-,13+,20+,22+,23-,24-,25-,26+,27+,28-,29-,30+,31+,33+,34+/m0/s1. The van der Waals surface area contributed by atoms with E-state index in [0.717, 1.165) is 18.2 Å². The maximum Gasteiger partial charge on any atom is 0.402 e. The first kappa shape index (κ1) is 39.0. The monoisotopic (exact) mass is 755 g/mol. The lowest BCUT2D eigenvalue weighted by Gasteiger charge is -2.42. The number of phenols is 3. The quantitative estimate of drug-likeness (QED) is 0.0785. The third-order valence-corrected chi connectivity index (χ3v) is 9.79. The van der Waals surface area contributed by atoms with Gasteiger partial charge in [-0.1, -0.05) is 0 Å². The van der Waals surface area contributed by atoms with Gasteiger partial charge in [-0.2, -0.15) is 0 Å². The second-order valence-electron chi connectivity index (χ2n) is 13.5. The van der Waals surface area contributed by atoms with Crippen molar-refractivity contribution in [3.63, 3.8) is 0 Å². The van der Waals surface area contributed by atoms with E-state index in [4.69, 9.17) is 28.1 Å². The first-order valence-electron chi connectivity index (χ1n) is 16.7. The van der Waals surface area contributed by atoms with E-state index < -0.39 is 116 Å². The third kappa shape index (κ3) is 7.67. The van der Waals surface area contributed by atoms with Crippen molar-refractivity contribution in [1.29, 1.82) is 0 Å². The van der Waals surface area contributed by atoms with E-state index in [1.807, 2.05) is 0 Å². The van der Waals surface area contributed by atoms with Crippen LogP contribution >= 0.6 is 0 Å². The first-order chi connectivity index (χ1) is 25.1. The van der Waals surface area contributed by atoms with Gasteiger partial charge in [-0.3, -0.25) is 0 Å². The predicted molar refractivity (Wildman–Crippen MR) is 174 cm³/mol. The fraction of sp³-hybridized carbons (Fsp3) is 0.559. The molecule has 292 valence electrons. The molecule has 3 heterocycles. The molecule has 2 aliphatic heterocycles. The molecule has 2 aromatic carbocycles. The summed E-state index contributed by atoms with van der Waals surface area (Å²) >= 11 is 0. The summed E-state index contributed by atoms with van der Waals surface area (Å²) in [6.45, 7) is 0.316. The van der Waals surface area contributed by atoms with Crippen LogP contribution in [0.3, 0.4) is 0 Å². The maximum atomic E-state index is 11.0. The molecule has 53 heavy (non-hydrogen) atoms. The Morgan fingerprint density at radius 2 is 1.36 bits per heavy atom. The van der Waals surface area contributed by atoms with Gasteiger partial charge in [0.1, 0.15) is 77.9 Å². The average molecular weight is 756 g/mol. The smallest absolute Gasteiger partial charge is 0.402 e. The summed E-state index contributed by atoms with van der Waals surface area (Å²) in [5.74, 6) is -2.82. The third-order valence-electron chi connectivity index (χ3n) is 9.79. The Bertz CT molecular complexity index is 1740. The molecule has 2 saturated heterocycles. The Morgan fingerprint density at radius 3 is 2.06 bits per heavy atom. The summed E-state index contributed by atoms with van der Waals surface area (Å²) in [7, 11) is 0. The highest BCUT2D eigenvalue weighted by molar-refractivity contribution is 5.89. The minimum Gasteiger partial charge on any atom is -0.507 e. The van der Waals surface area contributed by atoms with Gasteiger partial charge in [0.15, 0.2) is 17.8 Å². The molecule has 0 amide bonds. The SMILES string of the molecule is C[C@@H]1O[C@@H](OC[C@H]2O[C@@H](Oc3cc4c(O[C@@H]5C[C@H](CO)[C@H](O)[C@H](O)[C@H]5O)cc(O)cc4[o+]c3-c3ccc(O)c(O)c3)[C@H](O)[C@@H](O)[C@@H]2O)[C@H](O)[C@H](O)[C@H]1O. The van der Waals surface area contributed by atoms with E-state index in [1.54, 1.807) is 0 Å². The Balaban J connectivity index is 1.34. The van der Waals surface area contributed by atoms with Crippen LogP contribution in [0.25, 0.3) is 22.3 Å². The number of fused-ring (bicyclic) bond motifs is 1. The number of aliphatic hydroxyl groups excluding tert-OH is 10. The van der Waals surface area contributed by atoms with Crippen LogP contribution in [0.1, 0.15) is 13.3 Å². The van der Waals surface area contributed by atoms with Crippen molar-refractivity contribution in [2.45, 2.75) is 99.2 Å². The molecule has 0 bridgehead atoms. The van der Waals surface area contributed by atoms with Crippen LogP contribution in [-0.4, -0.2) is 165 Å². The molecule has 3 fully saturated rings. The molecule has 19 nitrogen and oxygen atoms in total. The number of hydrogen-bond donors (Lipinski definition) is 13. The lowest BCUT2D eigenvalue weighted by molar-refractivity contribution is -0.318. The van der Waals surface area contributed by atoms with Crippen molar-refractivity contribution in [1.82, 2.24) is 0 Å². The van der Waals surface area contributed by atoms with Gasteiger partial charge in [0.05, 0.1) is 30.4 Å². The fourth-order valence-corrected chi connectivity index (χ4v) is 6.58. The molecule has 15 atom stereocenters. The highest BCUT2D eigenvalue weighted by Crippen LogP contribution is 2.43. The Hall–Kier alpha value is -3.67. The molecule has 13 N–H and O–H groups in total. The Kier molecular flexibility index (Phi) is 11.5. The molecule has 6 rings (SSSR count). The Labute approximate surface area is 300 Å². The van der Waals surface area contributed by atoms with Gasteiger partial charge < -0.3 is 90.1 Å². The predicted octanol–water partition coefficient (Wildman–Crippen LogP) is -2.63. The second-order valence-corrected chi connectivity index (χ2v) is 13.5.